The van der Waals surface area contributed by atoms with Crippen LogP contribution >= 0.6 is 27.5 Å². The van der Waals surface area contributed by atoms with Crippen LogP contribution in [0.2, 0.25) is 5.02 Å². The summed E-state index contributed by atoms with van der Waals surface area (Å²) in [6.07, 6.45) is -0.271. The second-order valence-electron chi connectivity index (χ2n) is 6.65. The Labute approximate surface area is 145 Å². The van der Waals surface area contributed by atoms with Crippen LogP contribution in [-0.4, -0.2) is 35.7 Å². The third kappa shape index (κ3) is 4.61. The summed E-state index contributed by atoms with van der Waals surface area (Å²) < 4.78 is 6.43. The van der Waals surface area contributed by atoms with Crippen LogP contribution in [0.4, 0.5) is 4.79 Å². The molecule has 0 spiro atoms. The standard InChI is InChI=1S/C16H22BrClN2O2/c1-10-8-19-14(11-5-12(17)7-13(18)6-11)9-20(10)15(21)22-16(2,3)4/h5-7,10,14,19H,8-9H2,1-4H3/t10-,14+/m0/s1. The Hall–Kier alpha value is -0.780. The third-order valence-corrected chi connectivity index (χ3v) is 4.16. The van der Waals surface area contributed by atoms with Gasteiger partial charge in [-0.2, -0.15) is 0 Å². The fourth-order valence-corrected chi connectivity index (χ4v) is 3.33. The molecule has 0 aromatic heterocycles. The van der Waals surface area contributed by atoms with Crippen LogP contribution in [0, 0.1) is 0 Å². The average molecular weight is 390 g/mol. The number of nitrogens with one attached hydrogen (secondary N) is 1. The number of amides is 1. The monoisotopic (exact) mass is 388 g/mol. The van der Waals surface area contributed by atoms with Crippen molar-refractivity contribution in [2.45, 2.75) is 45.4 Å². The van der Waals surface area contributed by atoms with Crippen LogP contribution < -0.4 is 5.32 Å². The highest BCUT2D eigenvalue weighted by Crippen LogP contribution is 2.27. The van der Waals surface area contributed by atoms with Crippen molar-refractivity contribution in [3.05, 3.63) is 33.3 Å². The Bertz CT molecular complexity index is 539. The van der Waals surface area contributed by atoms with Gasteiger partial charge in [0.15, 0.2) is 0 Å². The summed E-state index contributed by atoms with van der Waals surface area (Å²) >= 11 is 9.58. The molecule has 4 nitrogen and oxygen atoms in total. The number of halogens is 2. The molecular formula is C16H22BrClN2O2. The van der Waals surface area contributed by atoms with E-state index in [1.807, 2.05) is 45.9 Å². The lowest BCUT2D eigenvalue weighted by molar-refractivity contribution is 0.00958. The summed E-state index contributed by atoms with van der Waals surface area (Å²) in [5.74, 6) is 0. The minimum absolute atomic E-state index is 0.0405. The molecule has 22 heavy (non-hydrogen) atoms. The van der Waals surface area contributed by atoms with Crippen LogP contribution in [0.15, 0.2) is 22.7 Å². The lowest BCUT2D eigenvalue weighted by atomic mass is 10.0. The predicted octanol–water partition coefficient (Wildman–Crippen LogP) is 4.37. The smallest absolute Gasteiger partial charge is 0.410 e. The van der Waals surface area contributed by atoms with Crippen molar-refractivity contribution in [2.24, 2.45) is 0 Å². The molecule has 1 aliphatic rings. The third-order valence-electron chi connectivity index (χ3n) is 3.49. The number of benzene rings is 1. The van der Waals surface area contributed by atoms with Crippen molar-refractivity contribution in [1.29, 1.82) is 0 Å². The van der Waals surface area contributed by atoms with Crippen molar-refractivity contribution >= 4 is 33.6 Å². The average Bonchev–Trinajstić information content (AvgIpc) is 2.35. The van der Waals surface area contributed by atoms with Crippen LogP contribution in [0.1, 0.15) is 39.3 Å². The van der Waals surface area contributed by atoms with E-state index in [1.54, 1.807) is 4.90 Å². The van der Waals surface area contributed by atoms with Crippen molar-refractivity contribution < 1.29 is 9.53 Å². The molecule has 0 radical (unpaired) electrons. The van der Waals surface area contributed by atoms with Gasteiger partial charge in [0.25, 0.3) is 0 Å². The lowest BCUT2D eigenvalue weighted by Gasteiger charge is -2.39. The van der Waals surface area contributed by atoms with E-state index in [9.17, 15) is 4.79 Å². The summed E-state index contributed by atoms with van der Waals surface area (Å²) in [5.41, 5.74) is 0.566. The first-order valence-corrected chi connectivity index (χ1v) is 8.52. The fraction of sp³-hybridized carbons (Fsp3) is 0.562. The molecule has 1 heterocycles. The highest BCUT2D eigenvalue weighted by Gasteiger charge is 2.32. The Kier molecular flexibility index (Phi) is 5.41. The van der Waals surface area contributed by atoms with Gasteiger partial charge in [0.1, 0.15) is 5.60 Å². The maximum absolute atomic E-state index is 12.4. The van der Waals surface area contributed by atoms with Crippen LogP contribution in [0.3, 0.4) is 0 Å². The zero-order chi connectivity index (χ0) is 16.5. The van der Waals surface area contributed by atoms with Gasteiger partial charge < -0.3 is 15.0 Å². The first kappa shape index (κ1) is 17.6. The molecule has 1 aliphatic heterocycles. The number of hydrogen-bond acceptors (Lipinski definition) is 3. The van der Waals surface area contributed by atoms with Crippen molar-refractivity contribution in [3.8, 4) is 0 Å². The van der Waals surface area contributed by atoms with Crippen LogP contribution in [0.25, 0.3) is 0 Å². The van der Waals surface area contributed by atoms with Gasteiger partial charge in [0, 0.05) is 28.6 Å². The SMILES string of the molecule is C[C@H]1CN[C@@H](c2cc(Cl)cc(Br)c2)CN1C(=O)OC(C)(C)C. The summed E-state index contributed by atoms with van der Waals surface area (Å²) in [4.78, 5) is 14.2. The molecule has 1 fully saturated rings. The van der Waals surface area contributed by atoms with E-state index < -0.39 is 5.60 Å². The summed E-state index contributed by atoms with van der Waals surface area (Å²) in [6, 6.07) is 5.93. The second kappa shape index (κ2) is 6.77. The Morgan fingerprint density at radius 2 is 2.09 bits per heavy atom. The van der Waals surface area contributed by atoms with E-state index in [1.165, 1.54) is 0 Å². The minimum Gasteiger partial charge on any atom is -0.444 e. The van der Waals surface area contributed by atoms with Crippen molar-refractivity contribution in [1.82, 2.24) is 10.2 Å². The zero-order valence-electron chi connectivity index (χ0n) is 13.3. The minimum atomic E-state index is -0.490. The summed E-state index contributed by atoms with van der Waals surface area (Å²) in [6.45, 7) is 8.92. The fourth-order valence-electron chi connectivity index (χ4n) is 2.44. The van der Waals surface area contributed by atoms with Gasteiger partial charge in [-0.3, -0.25) is 0 Å². The molecule has 2 atom stereocenters. The highest BCUT2D eigenvalue weighted by atomic mass is 79.9. The Morgan fingerprint density at radius 1 is 1.41 bits per heavy atom. The molecule has 1 amide bonds. The largest absolute Gasteiger partial charge is 0.444 e. The number of hydrogen-bond donors (Lipinski definition) is 1. The first-order valence-electron chi connectivity index (χ1n) is 7.35. The summed E-state index contributed by atoms with van der Waals surface area (Å²) in [5, 5.41) is 4.13. The normalized spacial score (nSPS) is 22.5. The van der Waals surface area contributed by atoms with E-state index >= 15 is 0 Å². The van der Waals surface area contributed by atoms with Gasteiger partial charge in [-0.25, -0.2) is 4.79 Å². The number of piperazine rings is 1. The maximum atomic E-state index is 12.4. The number of ether oxygens (including phenoxy) is 1. The highest BCUT2D eigenvalue weighted by molar-refractivity contribution is 9.10. The van der Waals surface area contributed by atoms with Gasteiger partial charge in [0.2, 0.25) is 0 Å². The van der Waals surface area contributed by atoms with Crippen molar-refractivity contribution in [3.63, 3.8) is 0 Å². The van der Waals surface area contributed by atoms with E-state index in [4.69, 9.17) is 16.3 Å². The molecular weight excluding hydrogens is 368 g/mol. The molecule has 1 aromatic carbocycles. The molecule has 0 bridgehead atoms. The summed E-state index contributed by atoms with van der Waals surface area (Å²) in [7, 11) is 0. The molecule has 0 saturated carbocycles. The predicted molar refractivity (Wildman–Crippen MR) is 92.3 cm³/mol. The molecule has 2 rings (SSSR count). The lowest BCUT2D eigenvalue weighted by Crippen LogP contribution is -2.54. The van der Waals surface area contributed by atoms with E-state index in [2.05, 4.69) is 21.2 Å². The van der Waals surface area contributed by atoms with Crippen LogP contribution in [-0.2, 0) is 4.74 Å². The Balaban J connectivity index is 2.15. The quantitative estimate of drug-likeness (QED) is 0.775. The molecule has 0 unspecified atom stereocenters. The molecule has 0 aliphatic carbocycles. The van der Waals surface area contributed by atoms with E-state index in [0.717, 1.165) is 10.0 Å². The molecule has 122 valence electrons. The topological polar surface area (TPSA) is 41.6 Å². The Morgan fingerprint density at radius 3 is 2.68 bits per heavy atom. The number of nitrogens with zero attached hydrogens (tertiary/aromatic N) is 1. The number of carbonyl (C=O) groups is 1. The molecule has 1 saturated heterocycles. The van der Waals surface area contributed by atoms with Gasteiger partial charge in [-0.15, -0.1) is 0 Å². The van der Waals surface area contributed by atoms with Crippen LogP contribution in [0.5, 0.6) is 0 Å². The first-order chi connectivity index (χ1) is 10.2. The molecule has 6 heteroatoms. The van der Waals surface area contributed by atoms with Gasteiger partial charge in [0.05, 0.1) is 6.04 Å². The number of carbonyl (C=O) groups excluding carboxylic acids is 1. The van der Waals surface area contributed by atoms with Gasteiger partial charge in [-0.1, -0.05) is 27.5 Å². The van der Waals surface area contributed by atoms with E-state index in [0.29, 0.717) is 18.1 Å². The second-order valence-corrected chi connectivity index (χ2v) is 8.00. The number of rotatable bonds is 1. The van der Waals surface area contributed by atoms with E-state index in [-0.39, 0.29) is 18.2 Å². The molecule has 1 aromatic rings. The van der Waals surface area contributed by atoms with Gasteiger partial charge in [-0.05, 0) is 51.5 Å². The molecule has 1 N–H and O–H groups in total. The van der Waals surface area contributed by atoms with Gasteiger partial charge >= 0.3 is 6.09 Å². The maximum Gasteiger partial charge on any atom is 0.410 e. The zero-order valence-corrected chi connectivity index (χ0v) is 15.7. The van der Waals surface area contributed by atoms with Crippen molar-refractivity contribution in [2.75, 3.05) is 13.1 Å².